The molecule has 4 rings (SSSR count). The van der Waals surface area contributed by atoms with Gasteiger partial charge in [-0.15, -0.1) is 0 Å². The molecule has 7 heteroatoms. The molecule has 32 heavy (non-hydrogen) atoms. The second kappa shape index (κ2) is 9.40. The Hall–Kier alpha value is -3.38. The van der Waals surface area contributed by atoms with Crippen LogP contribution in [-0.4, -0.2) is 53.8 Å². The Morgan fingerprint density at radius 1 is 1.03 bits per heavy atom. The number of carbonyl (C=O) groups is 3. The Balaban J connectivity index is 1.51. The molecule has 0 atom stereocenters. The summed E-state index contributed by atoms with van der Waals surface area (Å²) in [6.45, 7) is 2.46. The average Bonchev–Trinajstić information content (AvgIpc) is 3.19. The summed E-state index contributed by atoms with van der Waals surface area (Å²) in [7, 11) is 0. The summed E-state index contributed by atoms with van der Waals surface area (Å²) in [5.74, 6) is -0.623. The van der Waals surface area contributed by atoms with Gasteiger partial charge in [-0.1, -0.05) is 61.0 Å². The Bertz CT molecular complexity index is 1170. The van der Waals surface area contributed by atoms with E-state index in [0.717, 1.165) is 17.2 Å². The Morgan fingerprint density at radius 3 is 2.56 bits per heavy atom. The van der Waals surface area contributed by atoms with Crippen molar-refractivity contribution in [1.82, 2.24) is 9.80 Å². The lowest BCUT2D eigenvalue weighted by atomic mass is 10.0. The molecule has 0 N–H and O–H groups in total. The van der Waals surface area contributed by atoms with Gasteiger partial charge in [0.25, 0.3) is 5.91 Å². The average molecular weight is 450 g/mol. The van der Waals surface area contributed by atoms with Gasteiger partial charge in [0.15, 0.2) is 0 Å². The minimum absolute atomic E-state index is 0.0201. The van der Waals surface area contributed by atoms with Crippen molar-refractivity contribution in [3.05, 3.63) is 77.3 Å². The zero-order valence-electron chi connectivity index (χ0n) is 17.8. The summed E-state index contributed by atoms with van der Waals surface area (Å²) in [6.07, 6.45) is 0.720. The minimum Gasteiger partial charge on any atom is -0.329 e. The predicted molar refractivity (Wildman–Crippen MR) is 126 cm³/mol. The monoisotopic (exact) mass is 449 g/mol. The zero-order chi connectivity index (χ0) is 22.7. The smallest absolute Gasteiger partial charge is 0.254 e. The molecule has 3 aromatic carbocycles. The molecule has 0 aliphatic carbocycles. The summed E-state index contributed by atoms with van der Waals surface area (Å²) in [6, 6.07) is 20.3. The van der Waals surface area contributed by atoms with Crippen molar-refractivity contribution in [3.63, 3.8) is 0 Å². The first kappa shape index (κ1) is 21.8. The first-order valence-corrected chi connectivity index (χ1v) is 11.0. The predicted octanol–water partition coefficient (Wildman–Crippen LogP) is 4.18. The van der Waals surface area contributed by atoms with Gasteiger partial charge in [0.05, 0.1) is 0 Å². The van der Waals surface area contributed by atoms with E-state index in [1.54, 1.807) is 35.2 Å². The van der Waals surface area contributed by atoms with Gasteiger partial charge in [-0.05, 0) is 41.5 Å². The van der Waals surface area contributed by atoms with Crippen molar-refractivity contribution in [2.75, 3.05) is 31.2 Å². The highest BCUT2D eigenvalue weighted by molar-refractivity contribution is 6.31. The van der Waals surface area contributed by atoms with Crippen LogP contribution in [0.2, 0.25) is 5.02 Å². The van der Waals surface area contributed by atoms with E-state index >= 15 is 0 Å². The molecule has 0 unspecified atom stereocenters. The van der Waals surface area contributed by atoms with Crippen LogP contribution in [0.3, 0.4) is 0 Å². The van der Waals surface area contributed by atoms with Gasteiger partial charge in [0, 0.05) is 22.8 Å². The molecule has 0 spiro atoms. The lowest BCUT2D eigenvalue weighted by Gasteiger charge is -2.25. The van der Waals surface area contributed by atoms with Crippen molar-refractivity contribution in [1.29, 1.82) is 0 Å². The first-order valence-electron chi connectivity index (χ1n) is 10.6. The summed E-state index contributed by atoms with van der Waals surface area (Å²) < 4.78 is 0. The molecule has 1 aliphatic rings. The highest BCUT2D eigenvalue weighted by atomic mass is 35.5. The van der Waals surface area contributed by atoms with E-state index in [1.165, 1.54) is 9.80 Å². The maximum absolute atomic E-state index is 13.3. The second-order valence-corrected chi connectivity index (χ2v) is 8.22. The van der Waals surface area contributed by atoms with Gasteiger partial charge in [0.2, 0.25) is 11.8 Å². The standard InChI is InChI=1S/C25H24ClN3O3/c1-2-13-27(25(32)22-12-5-8-18-7-3-4-11-21(18)22)15-23(30)28-16-24(31)29(17-28)20-10-6-9-19(26)14-20/h3-12,14H,2,13,15-17H2,1H3. The Morgan fingerprint density at radius 2 is 1.78 bits per heavy atom. The van der Waals surface area contributed by atoms with Gasteiger partial charge in [-0.25, -0.2) is 0 Å². The molecular formula is C25H24ClN3O3. The number of halogens is 1. The van der Waals surface area contributed by atoms with Crippen LogP contribution in [0, 0.1) is 0 Å². The van der Waals surface area contributed by atoms with E-state index in [2.05, 4.69) is 0 Å². The van der Waals surface area contributed by atoms with E-state index in [9.17, 15) is 14.4 Å². The molecule has 164 valence electrons. The number of fused-ring (bicyclic) bond motifs is 1. The zero-order valence-corrected chi connectivity index (χ0v) is 18.6. The summed E-state index contributed by atoms with van der Waals surface area (Å²) in [4.78, 5) is 43.5. The highest BCUT2D eigenvalue weighted by Gasteiger charge is 2.33. The number of benzene rings is 3. The molecule has 0 radical (unpaired) electrons. The molecular weight excluding hydrogens is 426 g/mol. The Labute approximate surface area is 192 Å². The van der Waals surface area contributed by atoms with Gasteiger partial charge < -0.3 is 9.80 Å². The van der Waals surface area contributed by atoms with E-state index in [4.69, 9.17) is 11.6 Å². The second-order valence-electron chi connectivity index (χ2n) is 7.79. The van der Waals surface area contributed by atoms with Gasteiger partial charge in [-0.3, -0.25) is 19.3 Å². The molecule has 0 aromatic heterocycles. The van der Waals surface area contributed by atoms with Crippen molar-refractivity contribution < 1.29 is 14.4 Å². The van der Waals surface area contributed by atoms with Crippen LogP contribution in [-0.2, 0) is 9.59 Å². The van der Waals surface area contributed by atoms with Crippen molar-refractivity contribution in [2.45, 2.75) is 13.3 Å². The summed E-state index contributed by atoms with van der Waals surface area (Å²) in [5.41, 5.74) is 1.22. The minimum atomic E-state index is -0.259. The molecule has 3 aromatic rings. The van der Waals surface area contributed by atoms with Crippen LogP contribution in [0.1, 0.15) is 23.7 Å². The molecule has 1 heterocycles. The van der Waals surface area contributed by atoms with Crippen LogP contribution in [0.15, 0.2) is 66.7 Å². The number of amides is 3. The lowest BCUT2D eigenvalue weighted by Crippen LogP contribution is -2.43. The van der Waals surface area contributed by atoms with Crippen LogP contribution in [0.4, 0.5) is 5.69 Å². The molecule has 6 nitrogen and oxygen atoms in total. The Kier molecular flexibility index (Phi) is 6.42. The topological polar surface area (TPSA) is 60.9 Å². The molecule has 1 fully saturated rings. The van der Waals surface area contributed by atoms with Crippen LogP contribution in [0.25, 0.3) is 10.8 Å². The third kappa shape index (κ3) is 4.46. The fraction of sp³-hybridized carbons (Fsp3) is 0.240. The van der Waals surface area contributed by atoms with Crippen molar-refractivity contribution in [2.24, 2.45) is 0 Å². The van der Waals surface area contributed by atoms with E-state index in [-0.39, 0.29) is 37.5 Å². The molecule has 3 amide bonds. The van der Waals surface area contributed by atoms with Crippen LogP contribution >= 0.6 is 11.6 Å². The summed E-state index contributed by atoms with van der Waals surface area (Å²) >= 11 is 6.05. The normalized spacial score (nSPS) is 13.6. The number of rotatable bonds is 6. The number of hydrogen-bond acceptors (Lipinski definition) is 3. The third-order valence-electron chi connectivity index (χ3n) is 5.54. The van der Waals surface area contributed by atoms with Crippen LogP contribution < -0.4 is 4.90 Å². The number of carbonyl (C=O) groups excluding carboxylic acids is 3. The fourth-order valence-electron chi connectivity index (χ4n) is 3.95. The number of nitrogens with zero attached hydrogens (tertiary/aromatic N) is 3. The van der Waals surface area contributed by atoms with Crippen LogP contribution in [0.5, 0.6) is 0 Å². The largest absolute Gasteiger partial charge is 0.329 e. The quantitative estimate of drug-likeness (QED) is 0.567. The van der Waals surface area contributed by atoms with Gasteiger partial charge in [0.1, 0.15) is 19.8 Å². The van der Waals surface area contributed by atoms with Gasteiger partial charge >= 0.3 is 0 Å². The molecule has 1 saturated heterocycles. The number of hydrogen-bond donors (Lipinski definition) is 0. The fourth-order valence-corrected chi connectivity index (χ4v) is 4.14. The molecule has 0 saturated carbocycles. The third-order valence-corrected chi connectivity index (χ3v) is 5.77. The summed E-state index contributed by atoms with van der Waals surface area (Å²) in [5, 5.41) is 2.36. The van der Waals surface area contributed by atoms with Crippen molar-refractivity contribution >= 4 is 45.8 Å². The first-order chi connectivity index (χ1) is 15.5. The maximum Gasteiger partial charge on any atom is 0.254 e. The van der Waals surface area contributed by atoms with E-state index in [0.29, 0.717) is 22.8 Å². The lowest BCUT2D eigenvalue weighted by molar-refractivity contribution is -0.132. The SMILES string of the molecule is CCCN(CC(=O)N1CC(=O)N(c2cccc(Cl)c2)C1)C(=O)c1cccc2ccccc12. The van der Waals surface area contributed by atoms with E-state index < -0.39 is 0 Å². The van der Waals surface area contributed by atoms with E-state index in [1.807, 2.05) is 43.3 Å². The highest BCUT2D eigenvalue weighted by Crippen LogP contribution is 2.24. The molecule has 1 aliphatic heterocycles. The number of anilines is 1. The van der Waals surface area contributed by atoms with Crippen molar-refractivity contribution in [3.8, 4) is 0 Å². The van der Waals surface area contributed by atoms with Gasteiger partial charge in [-0.2, -0.15) is 0 Å². The maximum atomic E-state index is 13.3. The molecule has 0 bridgehead atoms.